The fourth-order valence-corrected chi connectivity index (χ4v) is 3.38. The van der Waals surface area contributed by atoms with Crippen LogP contribution < -0.4 is 10.2 Å². The van der Waals surface area contributed by atoms with Crippen molar-refractivity contribution in [3.8, 4) is 0 Å². The highest BCUT2D eigenvalue weighted by molar-refractivity contribution is 6.28. The average molecular weight is 353 g/mol. The molecule has 4 heterocycles. The molecule has 0 aliphatic carbocycles. The number of aromatic nitrogens is 4. The molecule has 7 nitrogen and oxygen atoms in total. The van der Waals surface area contributed by atoms with E-state index in [0.717, 1.165) is 55.9 Å². The molecule has 0 atom stereocenters. The van der Waals surface area contributed by atoms with E-state index in [9.17, 15) is 0 Å². The molecule has 0 radical (unpaired) electrons. The maximum absolute atomic E-state index is 6.18. The van der Waals surface area contributed by atoms with Crippen molar-refractivity contribution in [3.63, 3.8) is 0 Å². The first-order valence-corrected chi connectivity index (χ1v) is 9.15. The number of nitrogens with zero attached hydrogens (tertiary/aromatic N) is 5. The van der Waals surface area contributed by atoms with E-state index in [0.29, 0.717) is 19.3 Å². The summed E-state index contributed by atoms with van der Waals surface area (Å²) in [5.41, 5.74) is 0.841. The number of morpholine rings is 1. The van der Waals surface area contributed by atoms with E-state index in [1.807, 2.05) is 24.7 Å². The Balaban J connectivity index is 0.000000815. The topological polar surface area (TPSA) is 68.1 Å². The Morgan fingerprint density at radius 2 is 1.88 bits per heavy atom. The maximum atomic E-state index is 6.18. The molecule has 0 amide bonds. The Bertz CT molecular complexity index is 664. The molecule has 2 aliphatic heterocycles. The van der Waals surface area contributed by atoms with Crippen LogP contribution in [0, 0.1) is 0 Å². The van der Waals surface area contributed by atoms with Gasteiger partial charge in [0.2, 0.25) is 5.28 Å². The van der Waals surface area contributed by atoms with E-state index < -0.39 is 0 Å². The molecule has 4 rings (SSSR count). The van der Waals surface area contributed by atoms with Crippen LogP contribution in [0.25, 0.3) is 11.0 Å². The minimum absolute atomic E-state index is 0.282. The van der Waals surface area contributed by atoms with E-state index in [2.05, 4.69) is 25.3 Å². The van der Waals surface area contributed by atoms with Crippen molar-refractivity contribution in [2.75, 3.05) is 44.3 Å². The predicted molar refractivity (Wildman–Crippen MR) is 95.9 cm³/mol. The van der Waals surface area contributed by atoms with E-state index >= 15 is 0 Å². The molecule has 132 valence electrons. The molecule has 0 unspecified atom stereocenters. The van der Waals surface area contributed by atoms with Crippen LogP contribution in [0.1, 0.15) is 32.7 Å². The first kappa shape index (κ1) is 17.4. The summed E-state index contributed by atoms with van der Waals surface area (Å²) < 4.78 is 7.44. The number of nitrogens with one attached hydrogen (secondary N) is 1. The zero-order valence-electron chi connectivity index (χ0n) is 14.3. The van der Waals surface area contributed by atoms with Crippen molar-refractivity contribution < 1.29 is 4.74 Å². The zero-order valence-corrected chi connectivity index (χ0v) is 15.1. The van der Waals surface area contributed by atoms with Crippen molar-refractivity contribution in [3.05, 3.63) is 11.5 Å². The van der Waals surface area contributed by atoms with Gasteiger partial charge in [0.1, 0.15) is 5.82 Å². The van der Waals surface area contributed by atoms with Gasteiger partial charge in [0.25, 0.3) is 0 Å². The third-order valence-corrected chi connectivity index (χ3v) is 4.54. The first-order valence-electron chi connectivity index (χ1n) is 8.77. The lowest BCUT2D eigenvalue weighted by Crippen LogP contribution is -2.37. The molecule has 2 saturated heterocycles. The van der Waals surface area contributed by atoms with E-state index in [-0.39, 0.29) is 5.28 Å². The minimum Gasteiger partial charge on any atom is -0.378 e. The molecule has 8 heteroatoms. The lowest BCUT2D eigenvalue weighted by Gasteiger charge is -2.28. The standard InChI is InChI=1S/C14H19ClN6O.C2H6/c15-14-18-12(20-5-7-22-8-6-20)11-9-17-21(13(11)19-14)10-1-3-16-4-2-10;1-2/h9-10,16H,1-8H2;1-2H3. The summed E-state index contributed by atoms with van der Waals surface area (Å²) >= 11 is 6.18. The van der Waals surface area contributed by atoms with Crippen LogP contribution in [0.2, 0.25) is 5.28 Å². The highest BCUT2D eigenvalue weighted by Crippen LogP contribution is 2.29. The third kappa shape index (κ3) is 3.48. The number of ether oxygens (including phenoxy) is 1. The number of hydrogen-bond acceptors (Lipinski definition) is 6. The summed E-state index contributed by atoms with van der Waals surface area (Å²) in [7, 11) is 0. The molecule has 0 saturated carbocycles. The molecule has 0 spiro atoms. The largest absolute Gasteiger partial charge is 0.378 e. The molecular weight excluding hydrogens is 328 g/mol. The van der Waals surface area contributed by atoms with E-state index in [4.69, 9.17) is 16.3 Å². The number of anilines is 1. The highest BCUT2D eigenvalue weighted by Gasteiger charge is 2.23. The fraction of sp³-hybridized carbons (Fsp3) is 0.688. The second-order valence-corrected chi connectivity index (χ2v) is 6.06. The average Bonchev–Trinajstić information content (AvgIpc) is 3.08. The Hall–Kier alpha value is -1.44. The van der Waals surface area contributed by atoms with E-state index in [1.165, 1.54) is 0 Å². The molecule has 0 aromatic carbocycles. The van der Waals surface area contributed by atoms with Crippen LogP contribution in [0.15, 0.2) is 6.20 Å². The van der Waals surface area contributed by atoms with Gasteiger partial charge in [0, 0.05) is 13.1 Å². The monoisotopic (exact) mass is 352 g/mol. The summed E-state index contributed by atoms with van der Waals surface area (Å²) in [5, 5.41) is 9.22. The van der Waals surface area contributed by atoms with Crippen LogP contribution in [0.4, 0.5) is 5.82 Å². The van der Waals surface area contributed by atoms with Crippen molar-refractivity contribution in [2.24, 2.45) is 0 Å². The van der Waals surface area contributed by atoms with Crippen molar-refractivity contribution in [1.29, 1.82) is 0 Å². The van der Waals surface area contributed by atoms with Gasteiger partial charge in [-0.2, -0.15) is 15.1 Å². The molecule has 1 N–H and O–H groups in total. The zero-order chi connectivity index (χ0) is 16.9. The predicted octanol–water partition coefficient (Wildman–Crippen LogP) is 2.27. The Morgan fingerprint density at radius 1 is 1.17 bits per heavy atom. The van der Waals surface area contributed by atoms with Crippen LogP contribution in [-0.4, -0.2) is 59.1 Å². The Kier molecular flexibility index (Phi) is 5.86. The second kappa shape index (κ2) is 8.09. The Morgan fingerprint density at radius 3 is 2.58 bits per heavy atom. The second-order valence-electron chi connectivity index (χ2n) is 5.72. The summed E-state index contributed by atoms with van der Waals surface area (Å²) in [6.07, 6.45) is 4.00. The van der Waals surface area contributed by atoms with Gasteiger partial charge in [-0.05, 0) is 37.5 Å². The molecule has 24 heavy (non-hydrogen) atoms. The van der Waals surface area contributed by atoms with Crippen molar-refractivity contribution in [2.45, 2.75) is 32.7 Å². The number of piperidine rings is 1. The number of fused-ring (bicyclic) bond motifs is 1. The van der Waals surface area contributed by atoms with Gasteiger partial charge in [-0.15, -0.1) is 0 Å². The fourth-order valence-electron chi connectivity index (χ4n) is 3.22. The molecule has 2 aromatic heterocycles. The molecule has 2 aliphatic rings. The van der Waals surface area contributed by atoms with Gasteiger partial charge < -0.3 is 15.0 Å². The van der Waals surface area contributed by atoms with Crippen LogP contribution >= 0.6 is 11.6 Å². The Labute approximate surface area is 147 Å². The quantitative estimate of drug-likeness (QED) is 0.836. The number of rotatable bonds is 2. The lowest BCUT2D eigenvalue weighted by atomic mass is 10.1. The maximum Gasteiger partial charge on any atom is 0.226 e. The minimum atomic E-state index is 0.282. The number of halogens is 1. The molecular formula is C16H25ClN6O. The van der Waals surface area contributed by atoms with Gasteiger partial charge in [0.05, 0.1) is 30.8 Å². The van der Waals surface area contributed by atoms with Gasteiger partial charge in [-0.1, -0.05) is 13.8 Å². The SMILES string of the molecule is CC.Clc1nc(N2CCOCC2)c2cnn(C3CCNCC3)c2n1. The third-order valence-electron chi connectivity index (χ3n) is 4.37. The number of hydrogen-bond donors (Lipinski definition) is 1. The summed E-state index contributed by atoms with van der Waals surface area (Å²) in [5.74, 6) is 0.874. The molecule has 2 fully saturated rings. The summed E-state index contributed by atoms with van der Waals surface area (Å²) in [6, 6.07) is 0.377. The van der Waals surface area contributed by atoms with Crippen LogP contribution in [-0.2, 0) is 4.74 Å². The van der Waals surface area contributed by atoms with Gasteiger partial charge in [-0.3, -0.25) is 0 Å². The summed E-state index contributed by atoms with van der Waals surface area (Å²) in [6.45, 7) is 9.10. The van der Waals surface area contributed by atoms with Crippen LogP contribution in [0.5, 0.6) is 0 Å². The first-order chi connectivity index (χ1) is 11.8. The van der Waals surface area contributed by atoms with E-state index in [1.54, 1.807) is 0 Å². The normalized spacial score (nSPS) is 19.2. The molecule has 2 aromatic rings. The van der Waals surface area contributed by atoms with Crippen molar-refractivity contribution >= 4 is 28.5 Å². The van der Waals surface area contributed by atoms with Gasteiger partial charge in [0.15, 0.2) is 5.65 Å². The summed E-state index contributed by atoms with van der Waals surface area (Å²) in [4.78, 5) is 11.1. The molecule has 0 bridgehead atoms. The van der Waals surface area contributed by atoms with Gasteiger partial charge in [-0.25, -0.2) is 4.68 Å². The smallest absolute Gasteiger partial charge is 0.226 e. The van der Waals surface area contributed by atoms with Gasteiger partial charge >= 0.3 is 0 Å². The van der Waals surface area contributed by atoms with Crippen molar-refractivity contribution in [1.82, 2.24) is 25.1 Å². The highest BCUT2D eigenvalue weighted by atomic mass is 35.5. The van der Waals surface area contributed by atoms with Crippen LogP contribution in [0.3, 0.4) is 0 Å². The lowest BCUT2D eigenvalue weighted by molar-refractivity contribution is 0.122.